The van der Waals surface area contributed by atoms with Crippen LogP contribution in [0.5, 0.6) is 0 Å². The fourth-order valence-corrected chi connectivity index (χ4v) is 1.46. The molecule has 0 saturated heterocycles. The topological polar surface area (TPSA) is 12.0 Å². The Hall–Kier alpha value is -0.250. The van der Waals surface area contributed by atoms with Crippen LogP contribution < -0.4 is 5.32 Å². The second-order valence-corrected chi connectivity index (χ2v) is 3.88. The Morgan fingerprint density at radius 3 is 2.25 bits per heavy atom. The van der Waals surface area contributed by atoms with Crippen molar-refractivity contribution in [3.8, 4) is 0 Å². The third-order valence-corrected chi connectivity index (χ3v) is 2.44. The van der Waals surface area contributed by atoms with E-state index < -0.39 is 12.7 Å². The molecule has 1 N–H and O–H groups in total. The van der Waals surface area contributed by atoms with Gasteiger partial charge in [-0.1, -0.05) is 13.3 Å². The standard InChI is InChI=1S/C8H14F3N/c1-7(3-2-4-7)5-12-6-8(9,10)11/h12H,2-6H2,1H3. The molecule has 0 radical (unpaired) electrons. The minimum Gasteiger partial charge on any atom is -0.308 e. The van der Waals surface area contributed by atoms with Crippen molar-refractivity contribution in [2.24, 2.45) is 5.41 Å². The fourth-order valence-electron chi connectivity index (χ4n) is 1.46. The Morgan fingerprint density at radius 1 is 1.33 bits per heavy atom. The summed E-state index contributed by atoms with van der Waals surface area (Å²) in [5.41, 5.74) is 0.130. The number of hydrogen-bond acceptors (Lipinski definition) is 1. The van der Waals surface area contributed by atoms with Gasteiger partial charge in [0.15, 0.2) is 0 Å². The molecule has 0 aromatic heterocycles. The third kappa shape index (κ3) is 3.01. The minimum absolute atomic E-state index is 0.130. The number of halogens is 3. The van der Waals surface area contributed by atoms with Crippen molar-refractivity contribution in [1.29, 1.82) is 0 Å². The van der Waals surface area contributed by atoms with E-state index in [2.05, 4.69) is 5.32 Å². The lowest BCUT2D eigenvalue weighted by Gasteiger charge is -2.38. The molecule has 1 saturated carbocycles. The Morgan fingerprint density at radius 2 is 1.92 bits per heavy atom. The van der Waals surface area contributed by atoms with E-state index >= 15 is 0 Å². The van der Waals surface area contributed by atoms with Crippen LogP contribution in [0.1, 0.15) is 26.2 Å². The number of nitrogens with one attached hydrogen (secondary N) is 1. The zero-order valence-electron chi connectivity index (χ0n) is 7.17. The van der Waals surface area contributed by atoms with Gasteiger partial charge >= 0.3 is 6.18 Å². The molecule has 0 amide bonds. The smallest absolute Gasteiger partial charge is 0.308 e. The molecule has 12 heavy (non-hydrogen) atoms. The summed E-state index contributed by atoms with van der Waals surface area (Å²) in [6.45, 7) is 1.66. The van der Waals surface area contributed by atoms with Crippen molar-refractivity contribution in [1.82, 2.24) is 5.32 Å². The molecule has 0 atom stereocenters. The summed E-state index contributed by atoms with van der Waals surface area (Å²) >= 11 is 0. The van der Waals surface area contributed by atoms with Crippen LogP contribution in [0.2, 0.25) is 0 Å². The maximum Gasteiger partial charge on any atom is 0.401 e. The van der Waals surface area contributed by atoms with Gasteiger partial charge in [0.25, 0.3) is 0 Å². The molecule has 1 aliphatic rings. The van der Waals surface area contributed by atoms with Crippen molar-refractivity contribution in [2.75, 3.05) is 13.1 Å². The van der Waals surface area contributed by atoms with E-state index in [0.29, 0.717) is 6.54 Å². The van der Waals surface area contributed by atoms with Gasteiger partial charge in [-0.3, -0.25) is 0 Å². The summed E-state index contributed by atoms with van der Waals surface area (Å²) in [5, 5.41) is 2.44. The normalized spacial score (nSPS) is 22.0. The highest BCUT2D eigenvalue weighted by Crippen LogP contribution is 2.39. The van der Waals surface area contributed by atoms with Gasteiger partial charge in [0.1, 0.15) is 0 Å². The second kappa shape index (κ2) is 3.24. The van der Waals surface area contributed by atoms with Gasteiger partial charge in [0, 0.05) is 6.54 Å². The highest BCUT2D eigenvalue weighted by Gasteiger charge is 2.33. The Labute approximate surface area is 70.3 Å². The van der Waals surface area contributed by atoms with E-state index in [1.807, 2.05) is 6.92 Å². The van der Waals surface area contributed by atoms with E-state index in [1.165, 1.54) is 0 Å². The van der Waals surface area contributed by atoms with Crippen LogP contribution in [-0.4, -0.2) is 19.3 Å². The molecule has 0 heterocycles. The number of alkyl halides is 3. The highest BCUT2D eigenvalue weighted by atomic mass is 19.4. The van der Waals surface area contributed by atoms with Crippen LogP contribution in [0.4, 0.5) is 13.2 Å². The van der Waals surface area contributed by atoms with Gasteiger partial charge in [0.05, 0.1) is 6.54 Å². The van der Waals surface area contributed by atoms with Crippen molar-refractivity contribution in [2.45, 2.75) is 32.4 Å². The molecule has 72 valence electrons. The Kier molecular flexibility index (Phi) is 2.66. The number of hydrogen-bond donors (Lipinski definition) is 1. The van der Waals surface area contributed by atoms with Gasteiger partial charge in [-0.2, -0.15) is 13.2 Å². The first-order valence-electron chi connectivity index (χ1n) is 4.19. The minimum atomic E-state index is -4.07. The molecule has 1 aliphatic carbocycles. The monoisotopic (exact) mass is 181 g/mol. The predicted octanol–water partition coefficient (Wildman–Crippen LogP) is 2.33. The first kappa shape index (κ1) is 9.84. The summed E-state index contributed by atoms with van der Waals surface area (Å²) < 4.78 is 35.1. The highest BCUT2D eigenvalue weighted by molar-refractivity contribution is 4.85. The van der Waals surface area contributed by atoms with Gasteiger partial charge in [-0.15, -0.1) is 0 Å². The Bertz CT molecular complexity index is 149. The van der Waals surface area contributed by atoms with Crippen molar-refractivity contribution >= 4 is 0 Å². The molecule has 0 aliphatic heterocycles. The van der Waals surface area contributed by atoms with Crippen LogP contribution in [0, 0.1) is 5.41 Å². The maximum absolute atomic E-state index is 11.7. The first-order valence-corrected chi connectivity index (χ1v) is 4.19. The molecule has 0 spiro atoms. The third-order valence-electron chi connectivity index (χ3n) is 2.44. The first-order chi connectivity index (χ1) is 5.41. The van der Waals surface area contributed by atoms with Crippen molar-refractivity contribution in [3.63, 3.8) is 0 Å². The molecule has 4 heteroatoms. The largest absolute Gasteiger partial charge is 0.401 e. The van der Waals surface area contributed by atoms with E-state index in [4.69, 9.17) is 0 Å². The summed E-state index contributed by atoms with van der Waals surface area (Å²) in [7, 11) is 0. The van der Waals surface area contributed by atoms with E-state index in [9.17, 15) is 13.2 Å². The van der Waals surface area contributed by atoms with Crippen molar-refractivity contribution < 1.29 is 13.2 Å². The van der Waals surface area contributed by atoms with Crippen LogP contribution in [0.3, 0.4) is 0 Å². The molecule has 1 fully saturated rings. The summed E-state index contributed by atoms with van der Waals surface area (Å²) in [6, 6.07) is 0. The lowest BCUT2D eigenvalue weighted by atomic mass is 9.70. The van der Waals surface area contributed by atoms with Gasteiger partial charge in [-0.05, 0) is 18.3 Å². The van der Waals surface area contributed by atoms with E-state index in [-0.39, 0.29) is 5.41 Å². The predicted molar refractivity (Wildman–Crippen MR) is 40.9 cm³/mol. The van der Waals surface area contributed by atoms with Crippen LogP contribution >= 0.6 is 0 Å². The average molecular weight is 181 g/mol. The van der Waals surface area contributed by atoms with E-state index in [0.717, 1.165) is 19.3 Å². The molecule has 0 aromatic rings. The fraction of sp³-hybridized carbons (Fsp3) is 1.00. The summed E-state index contributed by atoms with van der Waals surface area (Å²) in [4.78, 5) is 0. The molecule has 0 unspecified atom stereocenters. The van der Waals surface area contributed by atoms with Crippen LogP contribution in [0.15, 0.2) is 0 Å². The van der Waals surface area contributed by atoms with Crippen molar-refractivity contribution in [3.05, 3.63) is 0 Å². The maximum atomic E-state index is 11.7. The lowest BCUT2D eigenvalue weighted by Crippen LogP contribution is -2.40. The summed E-state index contributed by atoms with van der Waals surface area (Å²) in [5.74, 6) is 0. The van der Waals surface area contributed by atoms with Gasteiger partial charge < -0.3 is 5.32 Å². The van der Waals surface area contributed by atoms with Crippen LogP contribution in [0.25, 0.3) is 0 Å². The molecule has 0 aromatic carbocycles. The molecular weight excluding hydrogens is 167 g/mol. The zero-order chi connectivity index (χ0) is 9.24. The second-order valence-electron chi connectivity index (χ2n) is 3.88. The van der Waals surface area contributed by atoms with E-state index in [1.54, 1.807) is 0 Å². The average Bonchev–Trinajstić information content (AvgIpc) is 1.81. The van der Waals surface area contributed by atoms with Gasteiger partial charge in [-0.25, -0.2) is 0 Å². The zero-order valence-corrected chi connectivity index (χ0v) is 7.17. The van der Waals surface area contributed by atoms with Gasteiger partial charge in [0.2, 0.25) is 0 Å². The molecule has 1 nitrogen and oxygen atoms in total. The van der Waals surface area contributed by atoms with Crippen LogP contribution in [-0.2, 0) is 0 Å². The molecule has 1 rings (SSSR count). The quantitative estimate of drug-likeness (QED) is 0.704. The molecular formula is C8H14F3N. The summed E-state index contributed by atoms with van der Waals surface area (Å²) in [6.07, 6.45) is -0.806. The number of rotatable bonds is 3. The molecule has 0 bridgehead atoms. The lowest BCUT2D eigenvalue weighted by molar-refractivity contribution is -0.126. The SMILES string of the molecule is CC1(CNCC(F)(F)F)CCC1. The Balaban J connectivity index is 2.10.